The van der Waals surface area contributed by atoms with Crippen LogP contribution in [-0.4, -0.2) is 28.4 Å². The second kappa shape index (κ2) is 5.85. The van der Waals surface area contributed by atoms with E-state index in [0.717, 1.165) is 19.4 Å². The van der Waals surface area contributed by atoms with Gasteiger partial charge in [-0.15, -0.1) is 0 Å². The smallest absolute Gasteiger partial charge is 0.255 e. The molecule has 0 bridgehead atoms. The molecular formula is C14H21N3O. The summed E-state index contributed by atoms with van der Waals surface area (Å²) in [5.41, 5.74) is 6.18. The van der Waals surface area contributed by atoms with Crippen LogP contribution < -0.4 is 5.73 Å². The number of hydrogen-bond acceptors (Lipinski definition) is 3. The van der Waals surface area contributed by atoms with E-state index in [4.69, 9.17) is 5.73 Å². The summed E-state index contributed by atoms with van der Waals surface area (Å²) in [7, 11) is 0. The van der Waals surface area contributed by atoms with Crippen LogP contribution in [0, 0.1) is 0 Å². The largest absolute Gasteiger partial charge is 0.384 e. The molecule has 0 aromatic carbocycles. The van der Waals surface area contributed by atoms with E-state index < -0.39 is 0 Å². The van der Waals surface area contributed by atoms with E-state index in [-0.39, 0.29) is 5.91 Å². The van der Waals surface area contributed by atoms with Crippen molar-refractivity contribution in [3.8, 4) is 0 Å². The second-order valence-corrected chi connectivity index (χ2v) is 4.85. The molecule has 4 nitrogen and oxygen atoms in total. The lowest BCUT2D eigenvalue weighted by Crippen LogP contribution is -2.41. The maximum Gasteiger partial charge on any atom is 0.255 e. The van der Waals surface area contributed by atoms with Gasteiger partial charge in [0.25, 0.3) is 5.91 Å². The molecule has 2 N–H and O–H groups in total. The van der Waals surface area contributed by atoms with Gasteiger partial charge in [0, 0.05) is 18.8 Å². The molecule has 0 radical (unpaired) electrons. The van der Waals surface area contributed by atoms with Crippen LogP contribution in [0.25, 0.3) is 0 Å². The predicted octanol–water partition coefficient (Wildman–Crippen LogP) is 2.46. The van der Waals surface area contributed by atoms with Crippen LogP contribution in [0.1, 0.15) is 49.4 Å². The molecule has 1 fully saturated rings. The topological polar surface area (TPSA) is 59.2 Å². The number of carbonyl (C=O) groups excluding carboxylic acids is 1. The number of anilines is 1. The lowest BCUT2D eigenvalue weighted by molar-refractivity contribution is 0.0647. The first-order valence-corrected chi connectivity index (χ1v) is 6.75. The predicted molar refractivity (Wildman–Crippen MR) is 72.2 cm³/mol. The second-order valence-electron chi connectivity index (χ2n) is 4.85. The number of carbonyl (C=O) groups is 1. The highest BCUT2D eigenvalue weighted by Gasteiger charge is 2.24. The van der Waals surface area contributed by atoms with Gasteiger partial charge in [0.15, 0.2) is 0 Å². The van der Waals surface area contributed by atoms with E-state index in [1.54, 1.807) is 18.3 Å². The fraction of sp³-hybridized carbons (Fsp3) is 0.571. The number of amides is 1. The van der Waals surface area contributed by atoms with Crippen molar-refractivity contribution >= 4 is 11.7 Å². The van der Waals surface area contributed by atoms with Gasteiger partial charge in [0.05, 0.1) is 5.56 Å². The molecule has 4 heteroatoms. The van der Waals surface area contributed by atoms with Crippen molar-refractivity contribution in [1.82, 2.24) is 9.88 Å². The standard InChI is InChI=1S/C14H21N3O/c1-2-17(12-6-4-3-5-7-12)14(18)11-8-9-13(15)16-10-11/h8-10,12H,2-7H2,1H3,(H2,15,16). The Kier molecular flexibility index (Phi) is 4.18. The van der Waals surface area contributed by atoms with E-state index in [1.165, 1.54) is 19.3 Å². The van der Waals surface area contributed by atoms with Gasteiger partial charge >= 0.3 is 0 Å². The molecule has 2 rings (SSSR count). The van der Waals surface area contributed by atoms with Crippen molar-refractivity contribution in [3.05, 3.63) is 23.9 Å². The maximum absolute atomic E-state index is 12.4. The number of aromatic nitrogens is 1. The summed E-state index contributed by atoms with van der Waals surface area (Å²) in [4.78, 5) is 18.4. The van der Waals surface area contributed by atoms with E-state index in [2.05, 4.69) is 4.98 Å². The molecule has 0 atom stereocenters. The zero-order valence-corrected chi connectivity index (χ0v) is 10.9. The maximum atomic E-state index is 12.4. The molecule has 98 valence electrons. The Hall–Kier alpha value is -1.58. The minimum atomic E-state index is 0.0805. The molecule has 1 amide bonds. The summed E-state index contributed by atoms with van der Waals surface area (Å²) in [6, 6.07) is 3.84. The van der Waals surface area contributed by atoms with Crippen LogP contribution in [0.15, 0.2) is 18.3 Å². The molecule has 0 aliphatic heterocycles. The first-order valence-electron chi connectivity index (χ1n) is 6.75. The van der Waals surface area contributed by atoms with Crippen molar-refractivity contribution in [2.45, 2.75) is 45.1 Å². The Morgan fingerprint density at radius 3 is 2.67 bits per heavy atom. The quantitative estimate of drug-likeness (QED) is 0.892. The minimum Gasteiger partial charge on any atom is -0.384 e. The summed E-state index contributed by atoms with van der Waals surface area (Å²) >= 11 is 0. The van der Waals surface area contributed by atoms with Gasteiger partial charge in [-0.25, -0.2) is 4.98 Å². The molecule has 18 heavy (non-hydrogen) atoms. The van der Waals surface area contributed by atoms with Crippen LogP contribution in [0.4, 0.5) is 5.82 Å². The summed E-state index contributed by atoms with van der Waals surface area (Å²) in [6.45, 7) is 2.80. The monoisotopic (exact) mass is 247 g/mol. The van der Waals surface area contributed by atoms with Gasteiger partial charge in [-0.05, 0) is 31.9 Å². The number of nitrogen functional groups attached to an aromatic ring is 1. The number of hydrogen-bond donors (Lipinski definition) is 1. The van der Waals surface area contributed by atoms with E-state index in [9.17, 15) is 4.79 Å². The van der Waals surface area contributed by atoms with Gasteiger partial charge in [0.1, 0.15) is 5.82 Å². The lowest BCUT2D eigenvalue weighted by Gasteiger charge is -2.33. The highest BCUT2D eigenvalue weighted by Crippen LogP contribution is 2.23. The molecule has 1 aromatic heterocycles. The molecule has 1 aromatic rings. The summed E-state index contributed by atoms with van der Waals surface area (Å²) in [5.74, 6) is 0.532. The first-order chi connectivity index (χ1) is 8.72. The molecule has 1 aliphatic rings. The Bertz CT molecular complexity index is 396. The van der Waals surface area contributed by atoms with Crippen LogP contribution >= 0.6 is 0 Å². The van der Waals surface area contributed by atoms with Gasteiger partial charge in [-0.2, -0.15) is 0 Å². The summed E-state index contributed by atoms with van der Waals surface area (Å²) < 4.78 is 0. The number of pyridine rings is 1. The van der Waals surface area contributed by atoms with Gasteiger partial charge in [-0.1, -0.05) is 19.3 Å². The van der Waals surface area contributed by atoms with Crippen molar-refractivity contribution < 1.29 is 4.79 Å². The van der Waals surface area contributed by atoms with Gasteiger partial charge < -0.3 is 10.6 Å². The number of nitrogens with two attached hydrogens (primary N) is 1. The van der Waals surface area contributed by atoms with Gasteiger partial charge in [0.2, 0.25) is 0 Å². The Balaban J connectivity index is 2.11. The van der Waals surface area contributed by atoms with Crippen molar-refractivity contribution in [3.63, 3.8) is 0 Å². The van der Waals surface area contributed by atoms with Gasteiger partial charge in [-0.3, -0.25) is 4.79 Å². The average molecular weight is 247 g/mol. The third-order valence-electron chi connectivity index (χ3n) is 3.65. The first kappa shape index (κ1) is 12.9. The Morgan fingerprint density at radius 1 is 1.39 bits per heavy atom. The number of nitrogens with zero attached hydrogens (tertiary/aromatic N) is 2. The molecular weight excluding hydrogens is 226 g/mol. The highest BCUT2D eigenvalue weighted by atomic mass is 16.2. The van der Waals surface area contributed by atoms with E-state index in [1.807, 2.05) is 11.8 Å². The zero-order chi connectivity index (χ0) is 13.0. The number of rotatable bonds is 3. The zero-order valence-electron chi connectivity index (χ0n) is 10.9. The molecule has 0 unspecified atom stereocenters. The molecule has 0 saturated heterocycles. The normalized spacial score (nSPS) is 16.5. The SMILES string of the molecule is CCN(C(=O)c1ccc(N)nc1)C1CCCCC1. The van der Waals surface area contributed by atoms with Crippen molar-refractivity contribution in [2.75, 3.05) is 12.3 Å². The van der Waals surface area contributed by atoms with Crippen LogP contribution in [0.2, 0.25) is 0 Å². The van der Waals surface area contributed by atoms with Crippen LogP contribution in [0.3, 0.4) is 0 Å². The van der Waals surface area contributed by atoms with Crippen LogP contribution in [0.5, 0.6) is 0 Å². The molecule has 0 spiro atoms. The minimum absolute atomic E-state index is 0.0805. The fourth-order valence-corrected chi connectivity index (χ4v) is 2.66. The lowest BCUT2D eigenvalue weighted by atomic mass is 9.94. The van der Waals surface area contributed by atoms with Crippen molar-refractivity contribution in [2.24, 2.45) is 0 Å². The molecule has 1 heterocycles. The third kappa shape index (κ3) is 2.81. The Labute approximate surface area is 108 Å². The fourth-order valence-electron chi connectivity index (χ4n) is 2.66. The summed E-state index contributed by atoms with van der Waals surface area (Å²) in [6.07, 6.45) is 7.58. The summed E-state index contributed by atoms with van der Waals surface area (Å²) in [5, 5.41) is 0. The van der Waals surface area contributed by atoms with Crippen LogP contribution in [-0.2, 0) is 0 Å². The van der Waals surface area contributed by atoms with Crippen molar-refractivity contribution in [1.29, 1.82) is 0 Å². The van der Waals surface area contributed by atoms with E-state index >= 15 is 0 Å². The highest BCUT2D eigenvalue weighted by molar-refractivity contribution is 5.94. The average Bonchev–Trinajstić information content (AvgIpc) is 2.41. The molecule has 1 saturated carbocycles. The van der Waals surface area contributed by atoms with E-state index in [0.29, 0.717) is 17.4 Å². The Morgan fingerprint density at radius 2 is 2.11 bits per heavy atom. The molecule has 1 aliphatic carbocycles. The third-order valence-corrected chi connectivity index (χ3v) is 3.65.